The van der Waals surface area contributed by atoms with Crippen LogP contribution in [0, 0.1) is 0 Å². The number of carbonyl (C=O) groups is 1. The topological polar surface area (TPSA) is 55.1 Å². The van der Waals surface area contributed by atoms with Gasteiger partial charge in [0.25, 0.3) is 0 Å². The molecule has 3 rings (SSSR count). The molecule has 2 aromatic carbocycles. The summed E-state index contributed by atoms with van der Waals surface area (Å²) in [4.78, 5) is 15.6. The van der Waals surface area contributed by atoms with Crippen molar-refractivity contribution in [1.82, 2.24) is 9.55 Å². The normalized spacial score (nSPS) is 11.0. The van der Waals surface area contributed by atoms with Crippen molar-refractivity contribution in [3.63, 3.8) is 0 Å². The number of imidazole rings is 1. The Morgan fingerprint density at radius 3 is 2.61 bits per heavy atom. The number of halogens is 1. The van der Waals surface area contributed by atoms with Gasteiger partial charge >= 0.3 is 5.97 Å². The van der Waals surface area contributed by atoms with Crippen molar-refractivity contribution >= 4 is 28.6 Å². The molecule has 0 amide bonds. The van der Waals surface area contributed by atoms with Crippen LogP contribution in [0.15, 0.2) is 42.5 Å². The molecule has 1 heterocycles. The Hall–Kier alpha value is -2.33. The first kappa shape index (κ1) is 15.6. The van der Waals surface area contributed by atoms with Crippen LogP contribution in [0.4, 0.5) is 0 Å². The summed E-state index contributed by atoms with van der Waals surface area (Å²) in [5.74, 6) is 0.0428. The molecule has 0 atom stereocenters. The Morgan fingerprint density at radius 1 is 1.22 bits per heavy atom. The number of nitrogens with zero attached hydrogens (tertiary/aromatic N) is 2. The Bertz CT molecular complexity index is 853. The quantitative estimate of drug-likeness (QED) is 0.755. The fraction of sp³-hybridized carbons (Fsp3) is 0.222. The van der Waals surface area contributed by atoms with Crippen molar-refractivity contribution in [2.45, 2.75) is 26.3 Å². The van der Waals surface area contributed by atoms with Gasteiger partial charge in [0, 0.05) is 17.1 Å². The van der Waals surface area contributed by atoms with Crippen molar-refractivity contribution in [2.24, 2.45) is 0 Å². The minimum Gasteiger partial charge on any atom is -0.481 e. The summed E-state index contributed by atoms with van der Waals surface area (Å²) in [7, 11) is 0. The maximum Gasteiger partial charge on any atom is 0.307 e. The first-order chi connectivity index (χ1) is 11.1. The molecule has 1 N–H and O–H groups in total. The van der Waals surface area contributed by atoms with Gasteiger partial charge < -0.3 is 9.67 Å². The van der Waals surface area contributed by atoms with E-state index in [9.17, 15) is 4.79 Å². The highest BCUT2D eigenvalue weighted by atomic mass is 35.5. The van der Waals surface area contributed by atoms with E-state index in [4.69, 9.17) is 21.7 Å². The van der Waals surface area contributed by atoms with Crippen LogP contribution in [0.5, 0.6) is 0 Å². The number of carboxylic acid groups (broad SMARTS) is 1. The predicted molar refractivity (Wildman–Crippen MR) is 91.8 cm³/mol. The fourth-order valence-electron chi connectivity index (χ4n) is 2.73. The Labute approximate surface area is 139 Å². The van der Waals surface area contributed by atoms with Crippen LogP contribution >= 0.6 is 11.6 Å². The van der Waals surface area contributed by atoms with Gasteiger partial charge in [-0.15, -0.1) is 0 Å². The molecule has 0 saturated carbocycles. The first-order valence-electron chi connectivity index (χ1n) is 7.55. The van der Waals surface area contributed by atoms with Crippen molar-refractivity contribution in [3.05, 3.63) is 53.1 Å². The number of carboxylic acids is 1. The highest BCUT2D eigenvalue weighted by molar-refractivity contribution is 6.30. The van der Waals surface area contributed by atoms with Gasteiger partial charge in [-0.2, -0.15) is 0 Å². The van der Waals surface area contributed by atoms with E-state index in [1.54, 1.807) is 0 Å². The van der Waals surface area contributed by atoms with Crippen LogP contribution in [0.25, 0.3) is 22.4 Å². The second-order valence-electron chi connectivity index (χ2n) is 5.49. The van der Waals surface area contributed by atoms with Crippen LogP contribution in [0.2, 0.25) is 5.02 Å². The van der Waals surface area contributed by atoms with E-state index >= 15 is 0 Å². The number of rotatable bonds is 5. The summed E-state index contributed by atoms with van der Waals surface area (Å²) in [6.07, 6.45) is 0.996. The van der Waals surface area contributed by atoms with Crippen LogP contribution in [-0.2, 0) is 17.8 Å². The zero-order valence-corrected chi connectivity index (χ0v) is 13.5. The summed E-state index contributed by atoms with van der Waals surface area (Å²) in [6, 6.07) is 13.3. The van der Waals surface area contributed by atoms with E-state index in [0.717, 1.165) is 41.0 Å². The molecule has 3 aromatic rings. The monoisotopic (exact) mass is 328 g/mol. The minimum absolute atomic E-state index is 0.00680. The molecule has 118 valence electrons. The van der Waals surface area contributed by atoms with Gasteiger partial charge in [0.2, 0.25) is 0 Å². The lowest BCUT2D eigenvalue weighted by Crippen LogP contribution is -2.01. The van der Waals surface area contributed by atoms with E-state index in [0.29, 0.717) is 5.02 Å². The number of hydrogen-bond acceptors (Lipinski definition) is 2. The molecule has 0 aliphatic rings. The van der Waals surface area contributed by atoms with Crippen molar-refractivity contribution in [3.8, 4) is 11.4 Å². The molecule has 5 heteroatoms. The molecule has 4 nitrogen and oxygen atoms in total. The molecule has 0 aliphatic heterocycles. The first-order valence-corrected chi connectivity index (χ1v) is 7.93. The van der Waals surface area contributed by atoms with E-state index in [1.807, 2.05) is 42.5 Å². The molecular formula is C18H17ClN2O2. The maximum absolute atomic E-state index is 10.9. The summed E-state index contributed by atoms with van der Waals surface area (Å²) in [6.45, 7) is 2.98. The van der Waals surface area contributed by atoms with E-state index in [1.165, 1.54) is 0 Å². The standard InChI is InChI=1S/C18H17ClN2O2/c1-2-9-21-16-8-3-12(11-17(22)23)10-15(16)20-18(21)13-4-6-14(19)7-5-13/h3-8,10H,2,9,11H2,1H3,(H,22,23). The summed E-state index contributed by atoms with van der Waals surface area (Å²) < 4.78 is 2.17. The minimum atomic E-state index is -0.838. The van der Waals surface area contributed by atoms with Crippen LogP contribution in [0.3, 0.4) is 0 Å². The molecule has 0 aliphatic carbocycles. The van der Waals surface area contributed by atoms with Crippen LogP contribution in [0.1, 0.15) is 18.9 Å². The Kier molecular flexibility index (Phi) is 4.35. The number of aliphatic carboxylic acids is 1. The Morgan fingerprint density at radius 2 is 1.96 bits per heavy atom. The zero-order chi connectivity index (χ0) is 16.4. The third-order valence-electron chi connectivity index (χ3n) is 3.72. The lowest BCUT2D eigenvalue weighted by atomic mass is 10.1. The highest BCUT2D eigenvalue weighted by Crippen LogP contribution is 2.27. The average molecular weight is 329 g/mol. The molecule has 0 fully saturated rings. The lowest BCUT2D eigenvalue weighted by molar-refractivity contribution is -0.136. The highest BCUT2D eigenvalue weighted by Gasteiger charge is 2.13. The van der Waals surface area contributed by atoms with Gasteiger partial charge in [-0.3, -0.25) is 4.79 Å². The molecular weight excluding hydrogens is 312 g/mol. The van der Waals surface area contributed by atoms with E-state index in [-0.39, 0.29) is 6.42 Å². The number of aryl methyl sites for hydroxylation is 1. The molecule has 0 unspecified atom stereocenters. The predicted octanol–water partition coefficient (Wildman–Crippen LogP) is 4.39. The Balaban J connectivity index is 2.14. The average Bonchev–Trinajstić information content (AvgIpc) is 2.86. The number of fused-ring (bicyclic) bond motifs is 1. The largest absolute Gasteiger partial charge is 0.481 e. The maximum atomic E-state index is 10.9. The summed E-state index contributed by atoms with van der Waals surface area (Å²) in [5, 5.41) is 9.64. The summed E-state index contributed by atoms with van der Waals surface area (Å²) in [5.41, 5.74) is 3.60. The van der Waals surface area contributed by atoms with Gasteiger partial charge in [0.05, 0.1) is 17.5 Å². The molecule has 0 radical (unpaired) electrons. The fourth-order valence-corrected chi connectivity index (χ4v) is 2.86. The second-order valence-corrected chi connectivity index (χ2v) is 5.92. The third kappa shape index (κ3) is 3.22. The number of benzene rings is 2. The summed E-state index contributed by atoms with van der Waals surface area (Å²) >= 11 is 5.97. The van der Waals surface area contributed by atoms with Gasteiger partial charge in [-0.05, 0) is 48.4 Å². The van der Waals surface area contributed by atoms with Gasteiger partial charge in [-0.25, -0.2) is 4.98 Å². The van der Waals surface area contributed by atoms with Gasteiger partial charge in [0.1, 0.15) is 5.82 Å². The van der Waals surface area contributed by atoms with Gasteiger partial charge in [-0.1, -0.05) is 24.6 Å². The third-order valence-corrected chi connectivity index (χ3v) is 3.97. The second kappa shape index (κ2) is 6.42. The van der Waals surface area contributed by atoms with Gasteiger partial charge in [0.15, 0.2) is 0 Å². The zero-order valence-electron chi connectivity index (χ0n) is 12.8. The van der Waals surface area contributed by atoms with E-state index < -0.39 is 5.97 Å². The molecule has 1 aromatic heterocycles. The number of aromatic nitrogens is 2. The SMILES string of the molecule is CCCn1c(-c2ccc(Cl)cc2)nc2cc(CC(=O)O)ccc21. The van der Waals surface area contributed by atoms with Crippen LogP contribution in [-0.4, -0.2) is 20.6 Å². The molecule has 0 bridgehead atoms. The number of hydrogen-bond donors (Lipinski definition) is 1. The van der Waals surface area contributed by atoms with Crippen LogP contribution < -0.4 is 0 Å². The van der Waals surface area contributed by atoms with E-state index in [2.05, 4.69) is 11.5 Å². The molecule has 0 spiro atoms. The molecule has 23 heavy (non-hydrogen) atoms. The smallest absolute Gasteiger partial charge is 0.307 e. The van der Waals surface area contributed by atoms with Crippen molar-refractivity contribution in [2.75, 3.05) is 0 Å². The molecule has 0 saturated heterocycles. The van der Waals surface area contributed by atoms with Crippen molar-refractivity contribution < 1.29 is 9.90 Å². The van der Waals surface area contributed by atoms with Crippen molar-refractivity contribution in [1.29, 1.82) is 0 Å². The lowest BCUT2D eigenvalue weighted by Gasteiger charge is -2.08.